The molecule has 0 radical (unpaired) electrons. The highest BCUT2D eigenvalue weighted by Crippen LogP contribution is 2.26. The van der Waals surface area contributed by atoms with E-state index >= 15 is 4.39 Å². The standard InChI is InChI=1S/C30H22F5NO/c1-2-11-37-22-15-28(33)24(29(34)16-22)10-5-18-4-9-23-21(12-18)8-7-20(30(23)35)6-3-19-13-26(31)25(17-36)27(32)14-19/h2,4,7-9,12-16H,1,3,5-6,10-11H2. The Morgan fingerprint density at radius 1 is 0.757 bits per heavy atom. The van der Waals surface area contributed by atoms with Crippen LogP contribution >= 0.6 is 0 Å². The molecular weight excluding hydrogens is 485 g/mol. The first-order valence-electron chi connectivity index (χ1n) is 11.6. The molecule has 0 aliphatic carbocycles. The maximum Gasteiger partial charge on any atom is 0.144 e. The maximum atomic E-state index is 15.2. The Morgan fingerprint density at radius 3 is 2.08 bits per heavy atom. The third kappa shape index (κ3) is 5.80. The van der Waals surface area contributed by atoms with Crippen LogP contribution in [0.3, 0.4) is 0 Å². The quantitative estimate of drug-likeness (QED) is 0.173. The summed E-state index contributed by atoms with van der Waals surface area (Å²) in [5.74, 6) is -3.63. The molecule has 0 amide bonds. The summed E-state index contributed by atoms with van der Waals surface area (Å²) in [6, 6.07) is 14.4. The van der Waals surface area contributed by atoms with E-state index in [-0.39, 0.29) is 37.2 Å². The zero-order chi connectivity index (χ0) is 26.5. The molecule has 0 spiro atoms. The monoisotopic (exact) mass is 507 g/mol. The minimum absolute atomic E-state index is 0.0525. The van der Waals surface area contributed by atoms with Gasteiger partial charge in [0.15, 0.2) is 0 Å². The highest BCUT2D eigenvalue weighted by atomic mass is 19.1. The van der Waals surface area contributed by atoms with Crippen LogP contribution in [0, 0.1) is 40.4 Å². The van der Waals surface area contributed by atoms with Gasteiger partial charge in [0, 0.05) is 23.1 Å². The van der Waals surface area contributed by atoms with E-state index in [4.69, 9.17) is 10.00 Å². The summed E-state index contributed by atoms with van der Waals surface area (Å²) in [6.45, 7) is 3.63. The lowest BCUT2D eigenvalue weighted by Gasteiger charge is -2.11. The van der Waals surface area contributed by atoms with Crippen molar-refractivity contribution in [2.24, 2.45) is 0 Å². The Bertz CT molecular complexity index is 1480. The van der Waals surface area contributed by atoms with Gasteiger partial charge in [-0.25, -0.2) is 22.0 Å². The van der Waals surface area contributed by atoms with E-state index in [0.717, 1.165) is 29.8 Å². The molecular formula is C30H22F5NO. The highest BCUT2D eigenvalue weighted by Gasteiger charge is 2.14. The molecule has 0 saturated heterocycles. The average Bonchev–Trinajstić information content (AvgIpc) is 2.86. The number of halogens is 5. The van der Waals surface area contributed by atoms with Gasteiger partial charge < -0.3 is 4.74 Å². The normalized spacial score (nSPS) is 10.9. The number of hydrogen-bond acceptors (Lipinski definition) is 2. The minimum Gasteiger partial charge on any atom is -0.489 e. The predicted octanol–water partition coefficient (Wildman–Crippen LogP) is 7.54. The molecule has 0 atom stereocenters. The Labute approximate surface area is 211 Å². The van der Waals surface area contributed by atoms with E-state index in [1.165, 1.54) is 12.1 Å². The third-order valence-corrected chi connectivity index (χ3v) is 6.14. The lowest BCUT2D eigenvalue weighted by molar-refractivity contribution is 0.357. The fourth-order valence-corrected chi connectivity index (χ4v) is 4.22. The van der Waals surface area contributed by atoms with Crippen LogP contribution in [0.15, 0.2) is 67.3 Å². The molecule has 0 aromatic heterocycles. The summed E-state index contributed by atoms with van der Waals surface area (Å²) in [7, 11) is 0. The number of hydrogen-bond donors (Lipinski definition) is 0. The first kappa shape index (κ1) is 25.9. The fraction of sp³-hybridized carbons (Fsp3) is 0.167. The molecule has 0 unspecified atom stereocenters. The number of ether oxygens (including phenoxy) is 1. The largest absolute Gasteiger partial charge is 0.489 e. The second kappa shape index (κ2) is 11.3. The molecule has 0 aliphatic rings. The summed E-state index contributed by atoms with van der Waals surface area (Å²) >= 11 is 0. The van der Waals surface area contributed by atoms with Gasteiger partial charge in [-0.2, -0.15) is 5.26 Å². The van der Waals surface area contributed by atoms with E-state index in [1.807, 2.05) is 0 Å². The summed E-state index contributed by atoms with van der Waals surface area (Å²) in [4.78, 5) is 0. The first-order chi connectivity index (χ1) is 17.8. The van der Waals surface area contributed by atoms with E-state index in [0.29, 0.717) is 28.3 Å². The van der Waals surface area contributed by atoms with Gasteiger partial charge in [0.25, 0.3) is 0 Å². The van der Waals surface area contributed by atoms with Crippen molar-refractivity contribution in [2.45, 2.75) is 25.7 Å². The van der Waals surface area contributed by atoms with Crippen LogP contribution in [0.1, 0.15) is 27.8 Å². The van der Waals surface area contributed by atoms with Gasteiger partial charge in [-0.15, -0.1) is 0 Å². The van der Waals surface area contributed by atoms with Crippen molar-refractivity contribution < 1.29 is 26.7 Å². The van der Waals surface area contributed by atoms with E-state index in [2.05, 4.69) is 6.58 Å². The van der Waals surface area contributed by atoms with Crippen LogP contribution < -0.4 is 4.74 Å². The van der Waals surface area contributed by atoms with E-state index in [9.17, 15) is 17.6 Å². The van der Waals surface area contributed by atoms with Crippen LogP contribution in [-0.2, 0) is 25.7 Å². The van der Waals surface area contributed by atoms with Gasteiger partial charge in [0.1, 0.15) is 53.1 Å². The number of nitriles is 1. The smallest absolute Gasteiger partial charge is 0.144 e. The molecule has 0 bridgehead atoms. The summed E-state index contributed by atoms with van der Waals surface area (Å²) in [6.07, 6.45) is 2.33. The molecule has 2 nitrogen and oxygen atoms in total. The molecule has 4 aromatic rings. The third-order valence-electron chi connectivity index (χ3n) is 6.14. The van der Waals surface area contributed by atoms with Crippen molar-refractivity contribution in [3.05, 3.63) is 124 Å². The lowest BCUT2D eigenvalue weighted by Crippen LogP contribution is -2.02. The van der Waals surface area contributed by atoms with Gasteiger partial charge in [-0.05, 0) is 59.9 Å². The van der Waals surface area contributed by atoms with Crippen LogP contribution in [0.2, 0.25) is 0 Å². The van der Waals surface area contributed by atoms with Crippen LogP contribution in [0.4, 0.5) is 22.0 Å². The summed E-state index contributed by atoms with van der Waals surface area (Å²) in [5, 5.41) is 9.79. The number of aryl methyl sites for hydroxylation is 3. The minimum atomic E-state index is -0.944. The fourth-order valence-electron chi connectivity index (χ4n) is 4.22. The second-order valence-electron chi connectivity index (χ2n) is 8.61. The number of rotatable bonds is 9. The van der Waals surface area contributed by atoms with Crippen LogP contribution in [0.5, 0.6) is 5.75 Å². The van der Waals surface area contributed by atoms with Gasteiger partial charge in [0.05, 0.1) is 0 Å². The van der Waals surface area contributed by atoms with Gasteiger partial charge in [0.2, 0.25) is 0 Å². The molecule has 7 heteroatoms. The molecule has 0 saturated carbocycles. The van der Waals surface area contributed by atoms with Crippen molar-refractivity contribution in [2.75, 3.05) is 6.61 Å². The first-order valence-corrected chi connectivity index (χ1v) is 11.6. The van der Waals surface area contributed by atoms with Crippen LogP contribution in [-0.4, -0.2) is 6.61 Å². The second-order valence-corrected chi connectivity index (χ2v) is 8.61. The van der Waals surface area contributed by atoms with Crippen molar-refractivity contribution in [3.63, 3.8) is 0 Å². The predicted molar refractivity (Wildman–Crippen MR) is 132 cm³/mol. The zero-order valence-corrected chi connectivity index (χ0v) is 19.8. The van der Waals surface area contributed by atoms with E-state index < -0.39 is 34.6 Å². The van der Waals surface area contributed by atoms with Crippen LogP contribution in [0.25, 0.3) is 10.8 Å². The van der Waals surface area contributed by atoms with Crippen molar-refractivity contribution in [1.29, 1.82) is 5.26 Å². The van der Waals surface area contributed by atoms with Crippen molar-refractivity contribution in [1.82, 2.24) is 0 Å². The molecule has 188 valence electrons. The topological polar surface area (TPSA) is 33.0 Å². The lowest BCUT2D eigenvalue weighted by atomic mass is 9.97. The van der Waals surface area contributed by atoms with Crippen molar-refractivity contribution >= 4 is 10.8 Å². The molecule has 4 rings (SSSR count). The Kier molecular flexibility index (Phi) is 7.88. The van der Waals surface area contributed by atoms with Gasteiger partial charge in [-0.1, -0.05) is 43.0 Å². The Morgan fingerprint density at radius 2 is 1.43 bits per heavy atom. The highest BCUT2D eigenvalue weighted by molar-refractivity contribution is 5.84. The summed E-state index contributed by atoms with van der Waals surface area (Å²) < 4.78 is 76.9. The zero-order valence-electron chi connectivity index (χ0n) is 19.8. The van der Waals surface area contributed by atoms with Gasteiger partial charge >= 0.3 is 0 Å². The Hall–Kier alpha value is -4.18. The molecule has 0 N–H and O–H groups in total. The van der Waals surface area contributed by atoms with Crippen molar-refractivity contribution in [3.8, 4) is 11.8 Å². The molecule has 0 heterocycles. The Balaban J connectivity index is 1.47. The number of benzene rings is 4. The number of nitrogens with zero attached hydrogens (tertiary/aromatic N) is 1. The van der Waals surface area contributed by atoms with Gasteiger partial charge in [-0.3, -0.25) is 0 Å². The maximum absolute atomic E-state index is 15.2. The molecule has 37 heavy (non-hydrogen) atoms. The molecule has 0 aliphatic heterocycles. The van der Waals surface area contributed by atoms with E-state index in [1.54, 1.807) is 30.3 Å². The molecule has 4 aromatic carbocycles. The summed E-state index contributed by atoms with van der Waals surface area (Å²) in [5.41, 5.74) is 0.797. The molecule has 0 fully saturated rings. The average molecular weight is 508 g/mol. The SMILES string of the molecule is C=CCOc1cc(F)c(CCc2ccc3c(F)c(CCc4cc(F)c(C#N)c(F)c4)ccc3c2)c(F)c1. The number of fused-ring (bicyclic) bond motifs is 1.